The highest BCUT2D eigenvalue weighted by Crippen LogP contribution is 2.22. The van der Waals surface area contributed by atoms with Gasteiger partial charge in [0.15, 0.2) is 0 Å². The Morgan fingerprint density at radius 3 is 2.37 bits per heavy atom. The van der Waals surface area contributed by atoms with Gasteiger partial charge in [-0.3, -0.25) is 9.59 Å². The fourth-order valence-electron chi connectivity index (χ4n) is 2.33. The molecule has 0 saturated heterocycles. The van der Waals surface area contributed by atoms with Crippen LogP contribution >= 0.6 is 11.3 Å². The maximum atomic E-state index is 12.2. The van der Waals surface area contributed by atoms with Crippen molar-refractivity contribution in [3.63, 3.8) is 0 Å². The summed E-state index contributed by atoms with van der Waals surface area (Å²) in [5.74, 6) is -0.328. The molecular weight excluding hydrogens is 364 g/mol. The summed E-state index contributed by atoms with van der Waals surface area (Å²) in [5.41, 5.74) is 6.82. The average Bonchev–Trinajstić information content (AvgIpc) is 3.14. The topological polar surface area (TPSA) is 113 Å². The summed E-state index contributed by atoms with van der Waals surface area (Å²) in [6.07, 6.45) is 0.103. The summed E-state index contributed by atoms with van der Waals surface area (Å²) in [5, 5.41) is 10.1. The summed E-state index contributed by atoms with van der Waals surface area (Å²) in [6.45, 7) is 4.01. The van der Waals surface area contributed by atoms with E-state index in [1.165, 1.54) is 11.3 Å². The summed E-state index contributed by atoms with van der Waals surface area (Å²) in [7, 11) is 0. The fourth-order valence-corrected chi connectivity index (χ4v) is 3.11. The predicted molar refractivity (Wildman–Crippen MR) is 106 cm³/mol. The zero-order valence-electron chi connectivity index (χ0n) is 15.3. The molecule has 8 heteroatoms. The molecule has 1 unspecified atom stereocenters. The number of primary amides is 1. The van der Waals surface area contributed by atoms with E-state index in [1.54, 1.807) is 12.1 Å². The van der Waals surface area contributed by atoms with Gasteiger partial charge in [-0.25, -0.2) is 4.79 Å². The molecule has 4 amide bonds. The lowest BCUT2D eigenvalue weighted by Crippen LogP contribution is -2.36. The Morgan fingerprint density at radius 1 is 1.11 bits per heavy atom. The number of anilines is 1. The number of hydrogen-bond donors (Lipinski definition) is 4. The van der Waals surface area contributed by atoms with Crippen LogP contribution in [0.5, 0.6) is 0 Å². The van der Waals surface area contributed by atoms with Crippen molar-refractivity contribution in [1.82, 2.24) is 10.6 Å². The molecule has 1 aromatic carbocycles. The second kappa shape index (κ2) is 9.72. The molecule has 2 rings (SSSR count). The molecule has 5 N–H and O–H groups in total. The van der Waals surface area contributed by atoms with E-state index in [0.717, 1.165) is 10.4 Å². The summed E-state index contributed by atoms with van der Waals surface area (Å²) >= 11 is 1.45. The number of hydrogen-bond acceptors (Lipinski definition) is 4. The van der Waals surface area contributed by atoms with Crippen LogP contribution in [0.4, 0.5) is 10.5 Å². The Balaban J connectivity index is 1.87. The number of rotatable bonds is 8. The maximum Gasteiger partial charge on any atom is 0.312 e. The van der Waals surface area contributed by atoms with Gasteiger partial charge in [0.1, 0.15) is 0 Å². The van der Waals surface area contributed by atoms with E-state index in [4.69, 9.17) is 5.73 Å². The first kappa shape index (κ1) is 20.4. The minimum atomic E-state index is -0.666. The van der Waals surface area contributed by atoms with Gasteiger partial charge in [0, 0.05) is 23.0 Å². The Bertz CT molecular complexity index is 773. The molecule has 144 valence electrons. The average molecular weight is 388 g/mol. The van der Waals surface area contributed by atoms with Crippen molar-refractivity contribution in [2.45, 2.75) is 32.9 Å². The van der Waals surface area contributed by atoms with Crippen LogP contribution in [0.15, 0.2) is 41.8 Å². The second-order valence-electron chi connectivity index (χ2n) is 6.40. The number of thiophene rings is 1. The predicted octanol–water partition coefficient (Wildman–Crippen LogP) is 2.76. The van der Waals surface area contributed by atoms with Crippen molar-refractivity contribution in [2.24, 2.45) is 11.7 Å². The highest BCUT2D eigenvalue weighted by atomic mass is 32.1. The molecule has 2 aromatic rings. The first-order valence-corrected chi connectivity index (χ1v) is 9.49. The van der Waals surface area contributed by atoms with Gasteiger partial charge in [0.2, 0.25) is 11.8 Å². The van der Waals surface area contributed by atoms with Gasteiger partial charge in [-0.1, -0.05) is 32.0 Å². The molecule has 0 fully saturated rings. The monoisotopic (exact) mass is 388 g/mol. The number of nitrogens with two attached hydrogens (primary N) is 1. The molecule has 0 aliphatic rings. The zero-order chi connectivity index (χ0) is 19.8. The Morgan fingerprint density at radius 2 is 1.81 bits per heavy atom. The molecule has 0 spiro atoms. The number of benzene rings is 1. The molecule has 0 radical (unpaired) electrons. The lowest BCUT2D eigenvalue weighted by Gasteiger charge is -2.16. The van der Waals surface area contributed by atoms with Gasteiger partial charge in [-0.2, -0.15) is 0 Å². The Kier molecular flexibility index (Phi) is 7.36. The van der Waals surface area contributed by atoms with E-state index in [-0.39, 0.29) is 24.2 Å². The van der Waals surface area contributed by atoms with Crippen LogP contribution in [0.25, 0.3) is 0 Å². The van der Waals surface area contributed by atoms with Crippen LogP contribution in [0.1, 0.15) is 36.8 Å². The first-order valence-electron chi connectivity index (χ1n) is 8.61. The molecule has 27 heavy (non-hydrogen) atoms. The second-order valence-corrected chi connectivity index (χ2v) is 7.38. The third-order valence-electron chi connectivity index (χ3n) is 3.83. The molecule has 1 atom stereocenters. The SMILES string of the molecule is CC(C)C(=O)Nc1ccc(CNC(=O)CC(NC(N)=O)c2cccs2)cc1. The highest BCUT2D eigenvalue weighted by Gasteiger charge is 2.18. The lowest BCUT2D eigenvalue weighted by atomic mass is 10.1. The Labute approximate surface area is 162 Å². The van der Waals surface area contributed by atoms with Gasteiger partial charge in [0.25, 0.3) is 0 Å². The van der Waals surface area contributed by atoms with Crippen molar-refractivity contribution in [3.05, 3.63) is 52.2 Å². The van der Waals surface area contributed by atoms with Crippen LogP contribution in [-0.4, -0.2) is 17.8 Å². The van der Waals surface area contributed by atoms with E-state index in [2.05, 4.69) is 16.0 Å². The van der Waals surface area contributed by atoms with E-state index in [1.807, 2.05) is 43.5 Å². The summed E-state index contributed by atoms with van der Waals surface area (Å²) in [6, 6.07) is 9.87. The van der Waals surface area contributed by atoms with Crippen molar-refractivity contribution in [1.29, 1.82) is 0 Å². The summed E-state index contributed by atoms with van der Waals surface area (Å²) < 4.78 is 0. The third-order valence-corrected chi connectivity index (χ3v) is 4.81. The number of urea groups is 1. The van der Waals surface area contributed by atoms with Crippen molar-refractivity contribution < 1.29 is 14.4 Å². The minimum Gasteiger partial charge on any atom is -0.352 e. The largest absolute Gasteiger partial charge is 0.352 e. The first-order chi connectivity index (χ1) is 12.8. The van der Waals surface area contributed by atoms with Gasteiger partial charge in [-0.05, 0) is 29.1 Å². The molecule has 0 saturated carbocycles. The van der Waals surface area contributed by atoms with Gasteiger partial charge < -0.3 is 21.7 Å². The maximum absolute atomic E-state index is 12.2. The van der Waals surface area contributed by atoms with E-state index in [0.29, 0.717) is 12.2 Å². The number of nitrogens with one attached hydrogen (secondary N) is 3. The van der Waals surface area contributed by atoms with E-state index < -0.39 is 12.1 Å². The number of carbonyl (C=O) groups is 3. The van der Waals surface area contributed by atoms with Crippen molar-refractivity contribution in [3.8, 4) is 0 Å². The lowest BCUT2D eigenvalue weighted by molar-refractivity contribution is -0.121. The standard InChI is InChI=1S/C19H24N4O3S/c1-12(2)18(25)22-14-7-5-13(6-8-14)11-21-17(24)10-15(23-19(20)26)16-4-3-9-27-16/h3-9,12,15H,10-11H2,1-2H3,(H,21,24)(H,22,25)(H3,20,23,26). The summed E-state index contributed by atoms with van der Waals surface area (Å²) in [4.78, 5) is 36.0. The molecule has 0 bridgehead atoms. The van der Waals surface area contributed by atoms with Crippen LogP contribution < -0.4 is 21.7 Å². The third kappa shape index (κ3) is 6.74. The van der Waals surface area contributed by atoms with E-state index >= 15 is 0 Å². The van der Waals surface area contributed by atoms with Gasteiger partial charge >= 0.3 is 6.03 Å². The molecule has 0 aliphatic carbocycles. The quantitative estimate of drug-likeness (QED) is 0.557. The fraction of sp³-hybridized carbons (Fsp3) is 0.316. The van der Waals surface area contributed by atoms with Crippen molar-refractivity contribution in [2.75, 3.05) is 5.32 Å². The van der Waals surface area contributed by atoms with Crippen molar-refractivity contribution >= 4 is 34.9 Å². The zero-order valence-corrected chi connectivity index (χ0v) is 16.1. The Hall–Kier alpha value is -2.87. The molecule has 7 nitrogen and oxygen atoms in total. The van der Waals surface area contributed by atoms with Gasteiger partial charge in [0.05, 0.1) is 12.5 Å². The minimum absolute atomic E-state index is 0.0439. The molecular formula is C19H24N4O3S. The van der Waals surface area contributed by atoms with Gasteiger partial charge in [-0.15, -0.1) is 11.3 Å². The van der Waals surface area contributed by atoms with Crippen LogP contribution in [0, 0.1) is 5.92 Å². The molecule has 0 aliphatic heterocycles. The van der Waals surface area contributed by atoms with Crippen LogP contribution in [0.2, 0.25) is 0 Å². The normalized spacial score (nSPS) is 11.7. The number of carbonyl (C=O) groups excluding carboxylic acids is 3. The molecule has 1 aromatic heterocycles. The van der Waals surface area contributed by atoms with Crippen LogP contribution in [0.3, 0.4) is 0 Å². The smallest absolute Gasteiger partial charge is 0.312 e. The molecule has 1 heterocycles. The number of amides is 4. The van der Waals surface area contributed by atoms with Crippen LogP contribution in [-0.2, 0) is 16.1 Å². The highest BCUT2D eigenvalue weighted by molar-refractivity contribution is 7.10. The van der Waals surface area contributed by atoms with E-state index in [9.17, 15) is 14.4 Å².